The largest absolute Gasteiger partial charge is 0.373 e. The normalized spacial score (nSPS) is 17.6. The molecule has 1 aliphatic rings. The van der Waals surface area contributed by atoms with Crippen LogP contribution in [0.2, 0.25) is 0 Å². The third-order valence-electron chi connectivity index (χ3n) is 4.37. The molecule has 0 saturated carbocycles. The molecule has 1 aromatic carbocycles. The summed E-state index contributed by atoms with van der Waals surface area (Å²) in [6, 6.07) is 2.71. The highest BCUT2D eigenvalue weighted by molar-refractivity contribution is 5.97. The molecule has 8 heteroatoms. The van der Waals surface area contributed by atoms with E-state index in [4.69, 9.17) is 4.74 Å². The van der Waals surface area contributed by atoms with Crippen LogP contribution in [0.4, 0.5) is 4.39 Å². The lowest BCUT2D eigenvalue weighted by Crippen LogP contribution is -2.47. The lowest BCUT2D eigenvalue weighted by molar-refractivity contribution is -0.0301. The van der Waals surface area contributed by atoms with Crippen molar-refractivity contribution in [1.82, 2.24) is 24.6 Å². The van der Waals surface area contributed by atoms with Crippen molar-refractivity contribution in [3.63, 3.8) is 0 Å². The van der Waals surface area contributed by atoms with Gasteiger partial charge in [0.05, 0.1) is 42.0 Å². The van der Waals surface area contributed by atoms with Gasteiger partial charge < -0.3 is 9.64 Å². The number of hydrogen-bond donors (Lipinski definition) is 0. The first kappa shape index (κ1) is 16.6. The molecule has 4 rings (SSSR count). The number of nitrogens with zero attached hydrogens (tertiary/aromatic N) is 5. The number of aromatic nitrogens is 4. The summed E-state index contributed by atoms with van der Waals surface area (Å²) in [5.74, 6) is -0.950. The molecule has 1 fully saturated rings. The molecule has 1 saturated heterocycles. The number of ether oxygens (including phenoxy) is 1. The van der Waals surface area contributed by atoms with Crippen LogP contribution in [0.5, 0.6) is 0 Å². The number of aryl methyl sites for hydroxylation is 1. The molecule has 3 heterocycles. The second kappa shape index (κ2) is 6.80. The number of carbonyl (C=O) groups is 1. The Labute approximate surface area is 149 Å². The zero-order valence-corrected chi connectivity index (χ0v) is 14.3. The van der Waals surface area contributed by atoms with E-state index in [9.17, 15) is 9.18 Å². The second-order valence-electron chi connectivity index (χ2n) is 6.36. The Bertz CT molecular complexity index is 958. The Morgan fingerprint density at radius 3 is 2.81 bits per heavy atom. The lowest BCUT2D eigenvalue weighted by Gasteiger charge is -2.33. The molecule has 1 amide bonds. The first-order valence-corrected chi connectivity index (χ1v) is 8.40. The van der Waals surface area contributed by atoms with Gasteiger partial charge in [-0.15, -0.1) is 0 Å². The van der Waals surface area contributed by atoms with Gasteiger partial charge >= 0.3 is 0 Å². The van der Waals surface area contributed by atoms with Crippen LogP contribution in [0.3, 0.4) is 0 Å². The van der Waals surface area contributed by atoms with Crippen LogP contribution in [-0.4, -0.2) is 56.4 Å². The second-order valence-corrected chi connectivity index (χ2v) is 6.36. The summed E-state index contributed by atoms with van der Waals surface area (Å²) in [4.78, 5) is 22.6. The summed E-state index contributed by atoms with van der Waals surface area (Å²) < 4.78 is 21.9. The lowest BCUT2D eigenvalue weighted by atomic mass is 10.1. The summed E-state index contributed by atoms with van der Waals surface area (Å²) in [5.41, 5.74) is 1.99. The molecule has 2 aromatic heterocycles. The van der Waals surface area contributed by atoms with Crippen molar-refractivity contribution >= 4 is 16.9 Å². The maximum absolute atomic E-state index is 14.4. The quantitative estimate of drug-likeness (QED) is 0.716. The Hall–Kier alpha value is -2.87. The van der Waals surface area contributed by atoms with Crippen LogP contribution in [0, 0.1) is 12.7 Å². The number of rotatable bonds is 3. The first-order chi connectivity index (χ1) is 12.6. The molecule has 0 aliphatic carbocycles. The van der Waals surface area contributed by atoms with Crippen molar-refractivity contribution in [2.45, 2.75) is 19.6 Å². The van der Waals surface area contributed by atoms with Gasteiger partial charge in [0.2, 0.25) is 0 Å². The third kappa shape index (κ3) is 3.28. The number of halogens is 1. The molecule has 1 aliphatic heterocycles. The Morgan fingerprint density at radius 2 is 2.08 bits per heavy atom. The SMILES string of the molecule is Cc1cnn(CC2CN(C(=O)c3cc4nccnc4cc3F)CCO2)c1. The minimum atomic E-state index is -0.589. The summed E-state index contributed by atoms with van der Waals surface area (Å²) in [5, 5.41) is 4.24. The summed E-state index contributed by atoms with van der Waals surface area (Å²) in [6.45, 7) is 3.72. The third-order valence-corrected chi connectivity index (χ3v) is 4.37. The van der Waals surface area contributed by atoms with Gasteiger partial charge in [-0.1, -0.05) is 0 Å². The van der Waals surface area contributed by atoms with Crippen LogP contribution in [0.25, 0.3) is 11.0 Å². The minimum Gasteiger partial charge on any atom is -0.373 e. The minimum absolute atomic E-state index is 0.00795. The summed E-state index contributed by atoms with van der Waals surface area (Å²) in [7, 11) is 0. The van der Waals surface area contributed by atoms with Crippen molar-refractivity contribution in [2.24, 2.45) is 0 Å². The van der Waals surface area contributed by atoms with Crippen molar-refractivity contribution in [3.05, 3.63) is 53.9 Å². The van der Waals surface area contributed by atoms with Gasteiger partial charge in [0.1, 0.15) is 5.82 Å². The van der Waals surface area contributed by atoms with E-state index in [1.165, 1.54) is 24.5 Å². The van der Waals surface area contributed by atoms with Gasteiger partial charge in [-0.3, -0.25) is 19.4 Å². The van der Waals surface area contributed by atoms with Crippen LogP contribution in [0.15, 0.2) is 36.9 Å². The van der Waals surface area contributed by atoms with E-state index in [0.717, 1.165) is 5.56 Å². The van der Waals surface area contributed by atoms with Crippen LogP contribution in [0.1, 0.15) is 15.9 Å². The molecule has 3 aromatic rings. The number of benzene rings is 1. The van der Waals surface area contributed by atoms with E-state index in [2.05, 4.69) is 15.1 Å². The Morgan fingerprint density at radius 1 is 1.31 bits per heavy atom. The predicted octanol–water partition coefficient (Wildman–Crippen LogP) is 1.82. The summed E-state index contributed by atoms with van der Waals surface area (Å²) >= 11 is 0. The highest BCUT2D eigenvalue weighted by Gasteiger charge is 2.27. The molecule has 0 radical (unpaired) electrons. The molecule has 0 spiro atoms. The molecule has 1 atom stereocenters. The number of fused-ring (bicyclic) bond motifs is 1. The molecule has 0 N–H and O–H groups in total. The first-order valence-electron chi connectivity index (χ1n) is 8.40. The van der Waals surface area contributed by atoms with Crippen LogP contribution >= 0.6 is 0 Å². The fraction of sp³-hybridized carbons (Fsp3) is 0.333. The Kier molecular flexibility index (Phi) is 4.34. The number of morpholine rings is 1. The average Bonchev–Trinajstić information content (AvgIpc) is 3.05. The van der Waals surface area contributed by atoms with Gasteiger partial charge in [-0.05, 0) is 18.6 Å². The molecular formula is C18H18FN5O2. The van der Waals surface area contributed by atoms with Gasteiger partial charge in [-0.2, -0.15) is 5.10 Å². The maximum Gasteiger partial charge on any atom is 0.257 e. The fourth-order valence-electron chi connectivity index (χ4n) is 3.11. The van der Waals surface area contributed by atoms with E-state index in [0.29, 0.717) is 37.3 Å². The topological polar surface area (TPSA) is 73.1 Å². The zero-order valence-electron chi connectivity index (χ0n) is 14.3. The number of amides is 1. The van der Waals surface area contributed by atoms with E-state index in [1.54, 1.807) is 15.8 Å². The highest BCUT2D eigenvalue weighted by atomic mass is 19.1. The van der Waals surface area contributed by atoms with Gasteiger partial charge in [-0.25, -0.2) is 4.39 Å². The molecule has 0 bridgehead atoms. The fourth-order valence-corrected chi connectivity index (χ4v) is 3.11. The van der Waals surface area contributed by atoms with E-state index >= 15 is 0 Å². The summed E-state index contributed by atoms with van der Waals surface area (Å²) in [6.07, 6.45) is 6.52. The van der Waals surface area contributed by atoms with Crippen molar-refractivity contribution in [1.29, 1.82) is 0 Å². The van der Waals surface area contributed by atoms with Crippen LogP contribution in [-0.2, 0) is 11.3 Å². The van der Waals surface area contributed by atoms with E-state index < -0.39 is 5.82 Å². The predicted molar refractivity (Wildman–Crippen MR) is 92.1 cm³/mol. The van der Waals surface area contributed by atoms with Crippen molar-refractivity contribution in [3.8, 4) is 0 Å². The molecular weight excluding hydrogens is 337 g/mol. The Balaban J connectivity index is 1.53. The average molecular weight is 355 g/mol. The number of hydrogen-bond acceptors (Lipinski definition) is 5. The van der Waals surface area contributed by atoms with Gasteiger partial charge in [0.25, 0.3) is 5.91 Å². The smallest absolute Gasteiger partial charge is 0.257 e. The van der Waals surface area contributed by atoms with Crippen LogP contribution < -0.4 is 0 Å². The molecule has 1 unspecified atom stereocenters. The molecule has 7 nitrogen and oxygen atoms in total. The van der Waals surface area contributed by atoms with Gasteiger partial charge in [0.15, 0.2) is 0 Å². The van der Waals surface area contributed by atoms with E-state index in [1.807, 2.05) is 13.1 Å². The molecule has 134 valence electrons. The van der Waals surface area contributed by atoms with Crippen molar-refractivity contribution in [2.75, 3.05) is 19.7 Å². The maximum atomic E-state index is 14.4. The number of carbonyl (C=O) groups excluding carboxylic acids is 1. The van der Waals surface area contributed by atoms with Gasteiger partial charge in [0, 0.05) is 37.7 Å². The highest BCUT2D eigenvalue weighted by Crippen LogP contribution is 2.19. The van der Waals surface area contributed by atoms with E-state index in [-0.39, 0.29) is 17.6 Å². The monoisotopic (exact) mass is 355 g/mol. The molecule has 26 heavy (non-hydrogen) atoms. The standard InChI is InChI=1S/C18H18FN5O2/c1-12-8-22-24(9-12)11-13-10-23(4-5-26-13)18(25)14-6-16-17(7-15(14)19)21-3-2-20-16/h2-3,6-9,13H,4-5,10-11H2,1H3. The van der Waals surface area contributed by atoms with Crippen molar-refractivity contribution < 1.29 is 13.9 Å². The zero-order chi connectivity index (χ0) is 18.1.